The van der Waals surface area contributed by atoms with Crippen molar-refractivity contribution in [3.05, 3.63) is 59.1 Å². The van der Waals surface area contributed by atoms with Crippen LogP contribution in [0.2, 0.25) is 5.02 Å². The third kappa shape index (κ3) is 4.87. The summed E-state index contributed by atoms with van der Waals surface area (Å²) in [5, 5.41) is 3.30. The molecule has 6 nitrogen and oxygen atoms in total. The number of halogens is 1. The Morgan fingerprint density at radius 1 is 1.07 bits per heavy atom. The van der Waals surface area contributed by atoms with E-state index < -0.39 is 10.0 Å². The Labute approximate surface area is 164 Å². The van der Waals surface area contributed by atoms with E-state index in [0.717, 1.165) is 11.3 Å². The van der Waals surface area contributed by atoms with Gasteiger partial charge in [-0.1, -0.05) is 35.9 Å². The fraction of sp³-hybridized carbons (Fsp3) is 0.316. The summed E-state index contributed by atoms with van der Waals surface area (Å²) in [4.78, 5) is 14.4. The minimum absolute atomic E-state index is 0.101. The molecule has 1 heterocycles. The van der Waals surface area contributed by atoms with Crippen LogP contribution in [0.3, 0.4) is 0 Å². The number of carbonyl (C=O) groups excluding carboxylic acids is 1. The Balaban J connectivity index is 1.56. The van der Waals surface area contributed by atoms with Crippen molar-refractivity contribution in [2.24, 2.45) is 0 Å². The van der Waals surface area contributed by atoms with E-state index in [1.165, 1.54) is 10.4 Å². The number of hydrogen-bond donors (Lipinski definition) is 1. The maximum Gasteiger partial charge on any atom is 0.243 e. The van der Waals surface area contributed by atoms with Crippen LogP contribution in [0.5, 0.6) is 0 Å². The maximum absolute atomic E-state index is 12.7. The largest absolute Gasteiger partial charge is 0.325 e. The molecule has 1 amide bonds. The standard InChI is InChI=1S/C19H22ClN3O3S/c1-15-5-2-3-8-18(15)21-19(24)14-22-9-11-23(12-10-22)27(25,26)17-7-4-6-16(20)13-17/h2-8,13H,9-12,14H2,1H3,(H,21,24). The molecule has 3 rings (SSSR count). The van der Waals surface area contributed by atoms with Gasteiger partial charge < -0.3 is 5.32 Å². The zero-order valence-corrected chi connectivity index (χ0v) is 16.6. The fourth-order valence-electron chi connectivity index (χ4n) is 3.01. The number of para-hydroxylation sites is 1. The summed E-state index contributed by atoms with van der Waals surface area (Å²) in [7, 11) is -3.57. The molecule has 144 valence electrons. The third-order valence-electron chi connectivity index (χ3n) is 4.55. The van der Waals surface area contributed by atoms with E-state index in [-0.39, 0.29) is 17.3 Å². The number of nitrogens with zero attached hydrogens (tertiary/aromatic N) is 2. The van der Waals surface area contributed by atoms with Gasteiger partial charge in [-0.15, -0.1) is 0 Å². The lowest BCUT2D eigenvalue weighted by Gasteiger charge is -2.33. The Kier molecular flexibility index (Phi) is 6.16. The van der Waals surface area contributed by atoms with Crippen LogP contribution in [0.4, 0.5) is 5.69 Å². The number of piperazine rings is 1. The van der Waals surface area contributed by atoms with Crippen LogP contribution < -0.4 is 5.32 Å². The predicted octanol–water partition coefficient (Wildman–Crippen LogP) is 2.59. The molecule has 0 spiro atoms. The van der Waals surface area contributed by atoms with Crippen molar-refractivity contribution in [2.75, 3.05) is 38.0 Å². The summed E-state index contributed by atoms with van der Waals surface area (Å²) >= 11 is 5.91. The first-order chi connectivity index (χ1) is 12.9. The van der Waals surface area contributed by atoms with Crippen molar-refractivity contribution >= 4 is 33.2 Å². The normalized spacial score (nSPS) is 16.2. The number of carbonyl (C=O) groups is 1. The molecule has 0 aromatic heterocycles. The van der Waals surface area contributed by atoms with Gasteiger partial charge >= 0.3 is 0 Å². The molecule has 0 unspecified atom stereocenters. The van der Waals surface area contributed by atoms with Gasteiger partial charge in [0.25, 0.3) is 0 Å². The zero-order valence-electron chi connectivity index (χ0n) is 15.1. The van der Waals surface area contributed by atoms with E-state index in [2.05, 4.69) is 5.32 Å². The summed E-state index contributed by atoms with van der Waals surface area (Å²) in [6, 6.07) is 13.9. The molecule has 0 aliphatic carbocycles. The summed E-state index contributed by atoms with van der Waals surface area (Å²) < 4.78 is 26.9. The smallest absolute Gasteiger partial charge is 0.243 e. The first-order valence-corrected chi connectivity index (χ1v) is 10.5. The second-order valence-corrected chi connectivity index (χ2v) is 8.88. The molecule has 1 aliphatic heterocycles. The zero-order chi connectivity index (χ0) is 19.4. The fourth-order valence-corrected chi connectivity index (χ4v) is 4.73. The SMILES string of the molecule is Cc1ccccc1NC(=O)CN1CCN(S(=O)(=O)c2cccc(Cl)c2)CC1. The Bertz CT molecular complexity index is 925. The Hall–Kier alpha value is -1.93. The van der Waals surface area contributed by atoms with Crippen molar-refractivity contribution < 1.29 is 13.2 Å². The van der Waals surface area contributed by atoms with Gasteiger partial charge in [-0.3, -0.25) is 9.69 Å². The van der Waals surface area contributed by atoms with Gasteiger partial charge in [-0.2, -0.15) is 4.31 Å². The molecule has 1 N–H and O–H groups in total. The third-order valence-corrected chi connectivity index (χ3v) is 6.68. The van der Waals surface area contributed by atoms with E-state index in [1.807, 2.05) is 36.1 Å². The molecular formula is C19H22ClN3O3S. The average Bonchev–Trinajstić information content (AvgIpc) is 2.64. The highest BCUT2D eigenvalue weighted by atomic mass is 35.5. The van der Waals surface area contributed by atoms with Crippen LogP contribution in [0.1, 0.15) is 5.56 Å². The van der Waals surface area contributed by atoms with E-state index in [1.54, 1.807) is 18.2 Å². The van der Waals surface area contributed by atoms with Crippen LogP contribution >= 0.6 is 11.6 Å². The molecule has 0 saturated carbocycles. The van der Waals surface area contributed by atoms with Crippen LogP contribution in [0.15, 0.2) is 53.4 Å². The number of nitrogens with one attached hydrogen (secondary N) is 1. The van der Waals surface area contributed by atoms with Crippen molar-refractivity contribution in [2.45, 2.75) is 11.8 Å². The van der Waals surface area contributed by atoms with Gasteiger partial charge in [-0.05, 0) is 36.8 Å². The van der Waals surface area contributed by atoms with Gasteiger partial charge in [0.05, 0.1) is 11.4 Å². The quantitative estimate of drug-likeness (QED) is 0.827. The van der Waals surface area contributed by atoms with Crippen LogP contribution in [-0.2, 0) is 14.8 Å². The van der Waals surface area contributed by atoms with Gasteiger partial charge in [0.1, 0.15) is 0 Å². The Morgan fingerprint density at radius 3 is 2.44 bits per heavy atom. The van der Waals surface area contributed by atoms with E-state index in [9.17, 15) is 13.2 Å². The summed E-state index contributed by atoms with van der Waals surface area (Å²) in [6.45, 7) is 3.86. The molecule has 0 atom stereocenters. The van der Waals surface area contributed by atoms with Crippen LogP contribution in [0, 0.1) is 6.92 Å². The van der Waals surface area contributed by atoms with E-state index >= 15 is 0 Å². The lowest BCUT2D eigenvalue weighted by molar-refractivity contribution is -0.117. The highest BCUT2D eigenvalue weighted by Gasteiger charge is 2.29. The summed E-state index contributed by atoms with van der Waals surface area (Å²) in [6.07, 6.45) is 0. The Morgan fingerprint density at radius 2 is 1.78 bits per heavy atom. The van der Waals surface area contributed by atoms with Crippen molar-refractivity contribution in [1.29, 1.82) is 0 Å². The number of sulfonamides is 1. The molecule has 2 aromatic carbocycles. The van der Waals surface area contributed by atoms with Gasteiger partial charge in [0, 0.05) is 36.9 Å². The molecule has 0 radical (unpaired) electrons. The molecule has 2 aromatic rings. The number of amides is 1. The number of rotatable bonds is 5. The van der Waals surface area contributed by atoms with Crippen LogP contribution in [-0.4, -0.2) is 56.3 Å². The summed E-state index contributed by atoms with van der Waals surface area (Å²) in [5.74, 6) is -0.101. The molecule has 8 heteroatoms. The lowest BCUT2D eigenvalue weighted by Crippen LogP contribution is -2.50. The van der Waals surface area contributed by atoms with Crippen molar-refractivity contribution in [1.82, 2.24) is 9.21 Å². The van der Waals surface area contributed by atoms with E-state index in [4.69, 9.17) is 11.6 Å². The number of benzene rings is 2. The van der Waals surface area contributed by atoms with Gasteiger partial charge in [0.15, 0.2) is 0 Å². The van der Waals surface area contributed by atoms with Crippen molar-refractivity contribution in [3.63, 3.8) is 0 Å². The predicted molar refractivity (Wildman–Crippen MR) is 106 cm³/mol. The number of anilines is 1. The molecule has 1 saturated heterocycles. The van der Waals surface area contributed by atoms with Gasteiger partial charge in [0.2, 0.25) is 15.9 Å². The second kappa shape index (κ2) is 8.39. The topological polar surface area (TPSA) is 69.7 Å². The second-order valence-electron chi connectivity index (χ2n) is 6.50. The average molecular weight is 408 g/mol. The first-order valence-electron chi connectivity index (χ1n) is 8.70. The molecule has 1 fully saturated rings. The molecular weight excluding hydrogens is 386 g/mol. The number of hydrogen-bond acceptors (Lipinski definition) is 4. The first kappa shape index (κ1) is 19.8. The monoisotopic (exact) mass is 407 g/mol. The van der Waals surface area contributed by atoms with Crippen LogP contribution in [0.25, 0.3) is 0 Å². The van der Waals surface area contributed by atoms with E-state index in [0.29, 0.717) is 31.2 Å². The highest BCUT2D eigenvalue weighted by molar-refractivity contribution is 7.89. The minimum atomic E-state index is -3.57. The molecule has 0 bridgehead atoms. The maximum atomic E-state index is 12.7. The molecule has 27 heavy (non-hydrogen) atoms. The summed E-state index contributed by atoms with van der Waals surface area (Å²) in [5.41, 5.74) is 1.80. The van der Waals surface area contributed by atoms with Gasteiger partial charge in [-0.25, -0.2) is 8.42 Å². The lowest BCUT2D eigenvalue weighted by atomic mass is 10.2. The highest BCUT2D eigenvalue weighted by Crippen LogP contribution is 2.21. The minimum Gasteiger partial charge on any atom is -0.325 e. The number of aryl methyl sites for hydroxylation is 1. The van der Waals surface area contributed by atoms with Crippen molar-refractivity contribution in [3.8, 4) is 0 Å². The molecule has 1 aliphatic rings.